The highest BCUT2D eigenvalue weighted by atomic mass is 32.1. The van der Waals surface area contributed by atoms with Crippen molar-refractivity contribution in [2.24, 2.45) is 5.73 Å². The lowest BCUT2D eigenvalue weighted by molar-refractivity contribution is 0.518. The number of benzene rings is 1. The van der Waals surface area contributed by atoms with Crippen molar-refractivity contribution in [3.05, 3.63) is 51.5 Å². The fourth-order valence-corrected chi connectivity index (χ4v) is 3.13. The minimum Gasteiger partial charge on any atom is -0.326 e. The molecule has 1 aromatic carbocycles. The van der Waals surface area contributed by atoms with Crippen LogP contribution in [-0.4, -0.2) is 4.98 Å². The third-order valence-electron chi connectivity index (χ3n) is 3.15. The number of hydrogen-bond donors (Lipinski definition) is 1. The number of nitrogens with zero attached hydrogens (tertiary/aromatic N) is 1. The SMILES string of the molecule is Cc1nc(C(C)(C)Cc2ccccc2)sc1CN. The molecule has 0 saturated heterocycles. The Bertz CT molecular complexity index is 515. The summed E-state index contributed by atoms with van der Waals surface area (Å²) in [5.74, 6) is 0. The fourth-order valence-electron chi connectivity index (χ4n) is 2.09. The van der Waals surface area contributed by atoms with Gasteiger partial charge in [0.1, 0.15) is 0 Å². The molecule has 0 aliphatic rings. The molecule has 2 nitrogen and oxygen atoms in total. The molecule has 2 N–H and O–H groups in total. The molecular weight excluding hydrogens is 240 g/mol. The largest absolute Gasteiger partial charge is 0.326 e. The van der Waals surface area contributed by atoms with Crippen molar-refractivity contribution in [1.82, 2.24) is 4.98 Å². The predicted octanol–water partition coefficient (Wildman–Crippen LogP) is 3.43. The summed E-state index contributed by atoms with van der Waals surface area (Å²) in [7, 11) is 0. The maximum Gasteiger partial charge on any atom is 0.0991 e. The number of aromatic nitrogens is 1. The molecule has 1 heterocycles. The van der Waals surface area contributed by atoms with Crippen molar-refractivity contribution in [3.8, 4) is 0 Å². The van der Waals surface area contributed by atoms with Crippen LogP contribution >= 0.6 is 11.3 Å². The zero-order chi connectivity index (χ0) is 13.2. The van der Waals surface area contributed by atoms with Gasteiger partial charge in [0.05, 0.1) is 10.7 Å². The van der Waals surface area contributed by atoms with Crippen LogP contribution in [0.5, 0.6) is 0 Å². The van der Waals surface area contributed by atoms with Gasteiger partial charge in [-0.15, -0.1) is 11.3 Å². The van der Waals surface area contributed by atoms with Crippen LogP contribution in [0.15, 0.2) is 30.3 Å². The maximum absolute atomic E-state index is 5.73. The normalized spacial score (nSPS) is 11.8. The molecule has 2 aromatic rings. The van der Waals surface area contributed by atoms with Crippen molar-refractivity contribution in [2.75, 3.05) is 0 Å². The van der Waals surface area contributed by atoms with E-state index in [0.717, 1.165) is 12.1 Å². The first-order chi connectivity index (χ1) is 8.53. The van der Waals surface area contributed by atoms with E-state index in [1.165, 1.54) is 15.4 Å². The highest BCUT2D eigenvalue weighted by molar-refractivity contribution is 7.11. The smallest absolute Gasteiger partial charge is 0.0991 e. The molecule has 0 unspecified atom stereocenters. The summed E-state index contributed by atoms with van der Waals surface area (Å²) in [5.41, 5.74) is 8.22. The van der Waals surface area contributed by atoms with E-state index in [4.69, 9.17) is 5.73 Å². The Morgan fingerprint density at radius 2 is 1.89 bits per heavy atom. The van der Waals surface area contributed by atoms with Gasteiger partial charge in [0, 0.05) is 16.8 Å². The first-order valence-corrected chi connectivity index (χ1v) is 7.05. The monoisotopic (exact) mass is 260 g/mol. The van der Waals surface area contributed by atoms with Crippen LogP contribution in [-0.2, 0) is 18.4 Å². The minimum atomic E-state index is 0.0597. The van der Waals surface area contributed by atoms with E-state index >= 15 is 0 Å². The molecule has 96 valence electrons. The predicted molar refractivity (Wildman–Crippen MR) is 77.9 cm³/mol. The van der Waals surface area contributed by atoms with Gasteiger partial charge >= 0.3 is 0 Å². The lowest BCUT2D eigenvalue weighted by atomic mass is 9.86. The van der Waals surface area contributed by atoms with Crippen LogP contribution in [0.1, 0.15) is 35.0 Å². The number of rotatable bonds is 4. The first kappa shape index (κ1) is 13.2. The van der Waals surface area contributed by atoms with Gasteiger partial charge in [0.15, 0.2) is 0 Å². The molecule has 0 aliphatic heterocycles. The molecule has 0 radical (unpaired) electrons. The van der Waals surface area contributed by atoms with E-state index in [9.17, 15) is 0 Å². The Kier molecular flexibility index (Phi) is 3.83. The second kappa shape index (κ2) is 5.21. The Labute approximate surface area is 113 Å². The van der Waals surface area contributed by atoms with Gasteiger partial charge in [-0.3, -0.25) is 0 Å². The average Bonchev–Trinajstić information content (AvgIpc) is 2.72. The fraction of sp³-hybridized carbons (Fsp3) is 0.400. The molecule has 0 aliphatic carbocycles. The summed E-state index contributed by atoms with van der Waals surface area (Å²) >= 11 is 1.75. The molecule has 18 heavy (non-hydrogen) atoms. The average molecular weight is 260 g/mol. The Hall–Kier alpha value is -1.19. The first-order valence-electron chi connectivity index (χ1n) is 6.24. The van der Waals surface area contributed by atoms with Crippen LogP contribution in [0.4, 0.5) is 0 Å². The van der Waals surface area contributed by atoms with Gasteiger partial charge < -0.3 is 5.73 Å². The van der Waals surface area contributed by atoms with E-state index in [0.29, 0.717) is 6.54 Å². The van der Waals surface area contributed by atoms with Crippen molar-refractivity contribution in [1.29, 1.82) is 0 Å². The summed E-state index contributed by atoms with van der Waals surface area (Å²) in [6, 6.07) is 10.6. The zero-order valence-electron chi connectivity index (χ0n) is 11.2. The van der Waals surface area contributed by atoms with Crippen molar-refractivity contribution in [3.63, 3.8) is 0 Å². The molecule has 0 bridgehead atoms. The third-order valence-corrected chi connectivity index (χ3v) is 4.69. The van der Waals surface area contributed by atoms with Crippen molar-refractivity contribution in [2.45, 2.75) is 39.2 Å². The number of aryl methyl sites for hydroxylation is 1. The maximum atomic E-state index is 5.73. The molecule has 0 saturated carbocycles. The molecule has 1 aromatic heterocycles. The minimum absolute atomic E-state index is 0.0597. The van der Waals surface area contributed by atoms with E-state index < -0.39 is 0 Å². The molecule has 3 heteroatoms. The van der Waals surface area contributed by atoms with Crippen LogP contribution in [0.25, 0.3) is 0 Å². The van der Waals surface area contributed by atoms with Gasteiger partial charge in [-0.1, -0.05) is 44.2 Å². The van der Waals surface area contributed by atoms with E-state index in [1.54, 1.807) is 11.3 Å². The number of nitrogens with two attached hydrogens (primary N) is 1. The van der Waals surface area contributed by atoms with Crippen LogP contribution in [0, 0.1) is 6.92 Å². The number of hydrogen-bond acceptors (Lipinski definition) is 3. The molecular formula is C15H20N2S. The number of thiazole rings is 1. The van der Waals surface area contributed by atoms with Gasteiger partial charge in [0.2, 0.25) is 0 Å². The standard InChI is InChI=1S/C15H20N2S/c1-11-13(10-16)18-14(17-11)15(2,3)9-12-7-5-4-6-8-12/h4-8H,9-10,16H2,1-3H3. The Morgan fingerprint density at radius 3 is 2.44 bits per heavy atom. The summed E-state index contributed by atoms with van der Waals surface area (Å²) in [6.07, 6.45) is 1.00. The van der Waals surface area contributed by atoms with Gasteiger partial charge in [-0.25, -0.2) is 4.98 Å². The van der Waals surface area contributed by atoms with E-state index in [-0.39, 0.29) is 5.41 Å². The second-order valence-corrected chi connectivity index (χ2v) is 6.36. The van der Waals surface area contributed by atoms with Gasteiger partial charge in [-0.05, 0) is 18.9 Å². The van der Waals surface area contributed by atoms with Crippen molar-refractivity contribution >= 4 is 11.3 Å². The lowest BCUT2D eigenvalue weighted by Gasteiger charge is -2.22. The van der Waals surface area contributed by atoms with Crippen molar-refractivity contribution < 1.29 is 0 Å². The third kappa shape index (κ3) is 2.79. The quantitative estimate of drug-likeness (QED) is 0.914. The summed E-state index contributed by atoms with van der Waals surface area (Å²) < 4.78 is 0. The van der Waals surface area contributed by atoms with Gasteiger partial charge in [-0.2, -0.15) is 0 Å². The lowest BCUT2D eigenvalue weighted by Crippen LogP contribution is -2.20. The summed E-state index contributed by atoms with van der Waals surface area (Å²) in [5, 5.41) is 1.18. The molecule has 0 amide bonds. The molecule has 2 rings (SSSR count). The topological polar surface area (TPSA) is 38.9 Å². The van der Waals surface area contributed by atoms with Crippen LogP contribution < -0.4 is 5.73 Å². The van der Waals surface area contributed by atoms with Gasteiger partial charge in [0.25, 0.3) is 0 Å². The van der Waals surface area contributed by atoms with Crippen LogP contribution in [0.3, 0.4) is 0 Å². The van der Waals surface area contributed by atoms with E-state index in [1.807, 2.05) is 6.92 Å². The molecule has 0 spiro atoms. The zero-order valence-corrected chi connectivity index (χ0v) is 12.1. The van der Waals surface area contributed by atoms with Crippen LogP contribution in [0.2, 0.25) is 0 Å². The Balaban J connectivity index is 2.24. The molecule has 0 fully saturated rings. The molecule has 0 atom stereocenters. The summed E-state index contributed by atoms with van der Waals surface area (Å²) in [4.78, 5) is 5.89. The van der Waals surface area contributed by atoms with E-state index in [2.05, 4.69) is 49.2 Å². The second-order valence-electron chi connectivity index (χ2n) is 5.28. The Morgan fingerprint density at radius 1 is 1.22 bits per heavy atom. The highest BCUT2D eigenvalue weighted by Crippen LogP contribution is 2.32. The summed E-state index contributed by atoms with van der Waals surface area (Å²) in [6.45, 7) is 7.13. The highest BCUT2D eigenvalue weighted by Gasteiger charge is 2.25.